The highest BCUT2D eigenvalue weighted by molar-refractivity contribution is 7.18. The molecule has 0 saturated carbocycles. The maximum Gasteiger partial charge on any atom is 0.414 e. The van der Waals surface area contributed by atoms with Crippen molar-refractivity contribution >= 4 is 52.2 Å². The van der Waals surface area contributed by atoms with Gasteiger partial charge >= 0.3 is 6.09 Å². The third kappa shape index (κ3) is 4.53. The fourth-order valence-corrected chi connectivity index (χ4v) is 4.60. The summed E-state index contributed by atoms with van der Waals surface area (Å²) in [5.41, 5.74) is 2.35. The van der Waals surface area contributed by atoms with E-state index in [1.807, 2.05) is 19.1 Å². The zero-order valence-corrected chi connectivity index (χ0v) is 18.7. The summed E-state index contributed by atoms with van der Waals surface area (Å²) in [6, 6.07) is 8.81. The van der Waals surface area contributed by atoms with Gasteiger partial charge in [0.2, 0.25) is 0 Å². The van der Waals surface area contributed by atoms with Crippen molar-refractivity contribution in [3.8, 4) is 0 Å². The summed E-state index contributed by atoms with van der Waals surface area (Å²) >= 11 is 7.05. The summed E-state index contributed by atoms with van der Waals surface area (Å²) in [7, 11) is 0. The van der Waals surface area contributed by atoms with Crippen LogP contribution in [0.5, 0.6) is 0 Å². The Morgan fingerprint density at radius 2 is 2.06 bits per heavy atom. The number of aryl methyl sites for hydroxylation is 1. The van der Waals surface area contributed by atoms with Crippen molar-refractivity contribution in [1.82, 2.24) is 5.32 Å². The molecular weight excluding hydrogens is 442 g/mol. The van der Waals surface area contributed by atoms with Gasteiger partial charge in [0.05, 0.1) is 28.9 Å². The lowest BCUT2D eigenvalue weighted by atomic mass is 10.1. The van der Waals surface area contributed by atoms with Gasteiger partial charge < -0.3 is 19.7 Å². The summed E-state index contributed by atoms with van der Waals surface area (Å²) in [6.07, 6.45) is -1.40. The minimum absolute atomic E-state index is 0.0782. The molecule has 0 radical (unpaired) electrons. The molecule has 2 aromatic rings. The van der Waals surface area contributed by atoms with Gasteiger partial charge in [-0.15, -0.1) is 11.3 Å². The fourth-order valence-electron chi connectivity index (χ4n) is 3.64. The molecule has 2 saturated heterocycles. The Hall–Kier alpha value is -2.62. The second kappa shape index (κ2) is 8.86. The summed E-state index contributed by atoms with van der Waals surface area (Å²) in [5.74, 6) is -0.332. The molecule has 1 N–H and O–H groups in total. The Kier molecular flexibility index (Phi) is 6.17. The Morgan fingerprint density at radius 1 is 1.26 bits per heavy atom. The smallest absolute Gasteiger partial charge is 0.414 e. The molecule has 8 nitrogen and oxygen atoms in total. The molecule has 4 rings (SSSR count). The first kappa shape index (κ1) is 21.6. The molecule has 1 unspecified atom stereocenters. The Morgan fingerprint density at radius 3 is 2.77 bits per heavy atom. The molecule has 0 aliphatic carbocycles. The first-order valence-corrected chi connectivity index (χ1v) is 11.1. The third-order valence-corrected chi connectivity index (χ3v) is 6.47. The van der Waals surface area contributed by atoms with Crippen LogP contribution in [0.15, 0.2) is 30.3 Å². The van der Waals surface area contributed by atoms with Crippen LogP contribution in [-0.4, -0.2) is 56.4 Å². The van der Waals surface area contributed by atoms with Gasteiger partial charge in [-0.25, -0.2) is 4.79 Å². The van der Waals surface area contributed by atoms with E-state index < -0.39 is 18.3 Å². The highest BCUT2D eigenvalue weighted by Crippen LogP contribution is 2.30. The molecule has 1 aromatic heterocycles. The number of rotatable bonds is 5. The van der Waals surface area contributed by atoms with Gasteiger partial charge in [-0.05, 0) is 49.7 Å². The number of ether oxygens (including phenoxy) is 2. The molecule has 2 aliphatic heterocycles. The monoisotopic (exact) mass is 463 g/mol. The van der Waals surface area contributed by atoms with E-state index in [9.17, 15) is 14.4 Å². The van der Waals surface area contributed by atoms with Crippen LogP contribution < -0.4 is 15.1 Å². The lowest BCUT2D eigenvalue weighted by Crippen LogP contribution is -2.46. The number of carbonyl (C=O) groups excluding carboxylic acids is 3. The van der Waals surface area contributed by atoms with Gasteiger partial charge in [-0.3, -0.25) is 14.5 Å². The predicted molar refractivity (Wildman–Crippen MR) is 118 cm³/mol. The number of benzene rings is 1. The van der Waals surface area contributed by atoms with Gasteiger partial charge in [0.15, 0.2) is 0 Å². The molecule has 1 aromatic carbocycles. The van der Waals surface area contributed by atoms with E-state index in [0.29, 0.717) is 34.6 Å². The van der Waals surface area contributed by atoms with Crippen molar-refractivity contribution in [2.75, 3.05) is 36.0 Å². The largest absolute Gasteiger partial charge is 0.442 e. The summed E-state index contributed by atoms with van der Waals surface area (Å²) in [6.45, 7) is 5.14. The van der Waals surface area contributed by atoms with Crippen molar-refractivity contribution < 1.29 is 23.9 Å². The van der Waals surface area contributed by atoms with E-state index in [-0.39, 0.29) is 18.4 Å². The normalized spacial score (nSPS) is 21.4. The molecule has 164 valence electrons. The van der Waals surface area contributed by atoms with E-state index in [1.165, 1.54) is 16.2 Å². The molecule has 10 heteroatoms. The predicted octanol–water partition coefficient (Wildman–Crippen LogP) is 3.22. The quantitative estimate of drug-likeness (QED) is 0.735. The zero-order chi connectivity index (χ0) is 22.1. The number of nitrogens with zero attached hydrogens (tertiary/aromatic N) is 2. The third-order valence-electron chi connectivity index (χ3n) is 5.24. The van der Waals surface area contributed by atoms with Crippen LogP contribution in [0.2, 0.25) is 4.34 Å². The zero-order valence-electron chi connectivity index (χ0n) is 17.1. The number of anilines is 2. The maximum atomic E-state index is 12.4. The van der Waals surface area contributed by atoms with Crippen LogP contribution in [0.3, 0.4) is 0 Å². The Bertz CT molecular complexity index is 1030. The summed E-state index contributed by atoms with van der Waals surface area (Å²) in [5, 5.41) is 2.77. The number of halogens is 1. The van der Waals surface area contributed by atoms with Crippen LogP contribution in [0, 0.1) is 6.92 Å². The molecule has 3 heterocycles. The first-order chi connectivity index (χ1) is 14.8. The van der Waals surface area contributed by atoms with Crippen LogP contribution in [-0.2, 0) is 14.3 Å². The van der Waals surface area contributed by atoms with Crippen LogP contribution in [0.1, 0.15) is 22.2 Å². The van der Waals surface area contributed by atoms with Crippen LogP contribution >= 0.6 is 22.9 Å². The topological polar surface area (TPSA) is 88.2 Å². The molecular formula is C21H22ClN3O5S. The average molecular weight is 464 g/mol. The highest BCUT2D eigenvalue weighted by Gasteiger charge is 2.33. The van der Waals surface area contributed by atoms with Crippen molar-refractivity contribution in [2.45, 2.75) is 26.1 Å². The molecule has 2 aliphatic rings. The molecule has 0 bridgehead atoms. The summed E-state index contributed by atoms with van der Waals surface area (Å²) < 4.78 is 11.3. The number of hydrogen-bond donors (Lipinski definition) is 1. The van der Waals surface area contributed by atoms with Gasteiger partial charge in [-0.2, -0.15) is 0 Å². The van der Waals surface area contributed by atoms with Gasteiger partial charge in [0, 0.05) is 17.9 Å². The van der Waals surface area contributed by atoms with Crippen LogP contribution in [0.4, 0.5) is 16.2 Å². The minimum atomic E-state index is -0.471. The van der Waals surface area contributed by atoms with Gasteiger partial charge in [0.1, 0.15) is 12.2 Å². The molecule has 2 atom stereocenters. The van der Waals surface area contributed by atoms with Crippen molar-refractivity contribution in [2.24, 2.45) is 0 Å². The second-order valence-electron chi connectivity index (χ2n) is 7.40. The maximum absolute atomic E-state index is 12.4. The molecule has 31 heavy (non-hydrogen) atoms. The summed E-state index contributed by atoms with van der Waals surface area (Å²) in [4.78, 5) is 40.7. The first-order valence-electron chi connectivity index (χ1n) is 9.89. The van der Waals surface area contributed by atoms with E-state index in [4.69, 9.17) is 21.1 Å². The van der Waals surface area contributed by atoms with Crippen molar-refractivity contribution in [1.29, 1.82) is 0 Å². The highest BCUT2D eigenvalue weighted by atomic mass is 35.5. The number of cyclic esters (lactones) is 1. The molecule has 0 spiro atoms. The number of amides is 3. The minimum Gasteiger partial charge on any atom is -0.442 e. The number of hydrogen-bond acceptors (Lipinski definition) is 6. The average Bonchev–Trinajstić information content (AvgIpc) is 3.34. The fraction of sp³-hybridized carbons (Fsp3) is 0.381. The van der Waals surface area contributed by atoms with Gasteiger partial charge in [-0.1, -0.05) is 11.6 Å². The number of morpholine rings is 1. The standard InChI is InChI=1S/C21H22ClN3O5S/c1-12-9-14(3-4-16(12)24-7-8-29-13(2)20(24)27)25-11-15(30-21(25)28)10-23-19(26)17-5-6-18(22)31-17/h3-6,9,13,15H,7-8,10-11H2,1-2H3,(H,23,26)/t13?,15-/m0/s1. The van der Waals surface area contributed by atoms with E-state index >= 15 is 0 Å². The Balaban J connectivity index is 1.40. The Labute approximate surface area is 188 Å². The number of carbonyl (C=O) groups is 3. The lowest BCUT2D eigenvalue weighted by Gasteiger charge is -2.32. The number of nitrogens with one attached hydrogen (secondary N) is 1. The number of thiophene rings is 1. The van der Waals surface area contributed by atoms with Crippen molar-refractivity contribution in [3.63, 3.8) is 0 Å². The SMILES string of the molecule is Cc1cc(N2C[C@H](CNC(=O)c3ccc(Cl)s3)OC2=O)ccc1N1CCOC(C)C1=O. The van der Waals surface area contributed by atoms with Crippen molar-refractivity contribution in [3.05, 3.63) is 45.1 Å². The van der Waals surface area contributed by atoms with E-state index in [0.717, 1.165) is 11.3 Å². The van der Waals surface area contributed by atoms with Crippen LogP contribution in [0.25, 0.3) is 0 Å². The van der Waals surface area contributed by atoms with E-state index in [1.54, 1.807) is 30.0 Å². The molecule has 2 fully saturated rings. The molecule has 3 amide bonds. The second-order valence-corrected chi connectivity index (χ2v) is 9.12. The van der Waals surface area contributed by atoms with E-state index in [2.05, 4.69) is 5.32 Å². The van der Waals surface area contributed by atoms with Gasteiger partial charge in [0.25, 0.3) is 11.8 Å². The lowest BCUT2D eigenvalue weighted by molar-refractivity contribution is -0.132.